The van der Waals surface area contributed by atoms with E-state index in [9.17, 15) is 23.9 Å². The van der Waals surface area contributed by atoms with Crippen LogP contribution in [-0.2, 0) is 22.4 Å². The van der Waals surface area contributed by atoms with Gasteiger partial charge in [-0.3, -0.25) is 4.79 Å². The molecule has 3 N–H and O–H groups in total. The molecule has 8 nitrogen and oxygen atoms in total. The number of carboxylic acids is 1. The van der Waals surface area contributed by atoms with Crippen LogP contribution < -0.4 is 10.9 Å². The summed E-state index contributed by atoms with van der Waals surface area (Å²) in [5.74, 6) is -2.15. The smallest absolute Gasteiger partial charge is 0.340 e. The highest BCUT2D eigenvalue weighted by Gasteiger charge is 2.25. The SMILES string of the molecule is Cc1c(CC(=O)N[C@@H](Cc2c[nH]c3ccccc23)C(=O)O)c(=O)oc2c(C)c3occ(-c4ccc(F)cc4)c3cc12. The summed E-state index contributed by atoms with van der Waals surface area (Å²) in [6.45, 7) is 3.50. The Morgan fingerprint density at radius 2 is 1.76 bits per heavy atom. The Hall–Kier alpha value is -5.18. The fourth-order valence-corrected chi connectivity index (χ4v) is 5.38. The third-order valence-corrected chi connectivity index (χ3v) is 7.57. The summed E-state index contributed by atoms with van der Waals surface area (Å²) in [6, 6.07) is 14.2. The van der Waals surface area contributed by atoms with Gasteiger partial charge in [0, 0.05) is 45.4 Å². The van der Waals surface area contributed by atoms with E-state index >= 15 is 0 Å². The minimum absolute atomic E-state index is 0.0697. The van der Waals surface area contributed by atoms with E-state index in [1.807, 2.05) is 30.3 Å². The number of aromatic amines is 1. The summed E-state index contributed by atoms with van der Waals surface area (Å²) < 4.78 is 25.0. The van der Waals surface area contributed by atoms with Crippen LogP contribution in [0.25, 0.3) is 44.0 Å². The lowest BCUT2D eigenvalue weighted by Crippen LogP contribution is -2.43. The minimum Gasteiger partial charge on any atom is -0.480 e. The fourth-order valence-electron chi connectivity index (χ4n) is 5.38. The van der Waals surface area contributed by atoms with Gasteiger partial charge in [-0.15, -0.1) is 0 Å². The summed E-state index contributed by atoms with van der Waals surface area (Å²) in [4.78, 5) is 41.2. The number of furan rings is 1. The second-order valence-electron chi connectivity index (χ2n) is 10.1. The van der Waals surface area contributed by atoms with Crippen LogP contribution in [-0.4, -0.2) is 28.0 Å². The molecule has 9 heteroatoms. The number of carboxylic acid groups (broad SMARTS) is 1. The van der Waals surface area contributed by atoms with Crippen molar-refractivity contribution >= 4 is 44.7 Å². The number of fused-ring (bicyclic) bond motifs is 3. The zero-order valence-electron chi connectivity index (χ0n) is 22.2. The quantitative estimate of drug-likeness (QED) is 0.215. The Morgan fingerprint density at radius 1 is 1.00 bits per heavy atom. The maximum absolute atomic E-state index is 13.5. The van der Waals surface area contributed by atoms with Crippen molar-refractivity contribution in [2.75, 3.05) is 0 Å². The monoisotopic (exact) mass is 552 g/mol. The number of halogens is 1. The van der Waals surface area contributed by atoms with Crippen molar-refractivity contribution in [2.45, 2.75) is 32.7 Å². The number of carbonyl (C=O) groups excluding carboxylic acids is 1. The number of rotatable bonds is 7. The Balaban J connectivity index is 1.33. The van der Waals surface area contributed by atoms with Crippen LogP contribution in [0.1, 0.15) is 22.3 Å². The number of benzene rings is 3. The predicted octanol–water partition coefficient (Wildman–Crippen LogP) is 5.80. The average molecular weight is 553 g/mol. The molecule has 1 atom stereocenters. The maximum atomic E-state index is 13.5. The van der Waals surface area contributed by atoms with Crippen molar-refractivity contribution < 1.29 is 27.9 Å². The number of amides is 1. The van der Waals surface area contributed by atoms with Crippen LogP contribution in [0.4, 0.5) is 4.39 Å². The normalized spacial score (nSPS) is 12.3. The van der Waals surface area contributed by atoms with Crippen LogP contribution in [0.5, 0.6) is 0 Å². The minimum atomic E-state index is -1.19. The highest BCUT2D eigenvalue weighted by molar-refractivity contribution is 6.05. The molecule has 206 valence electrons. The average Bonchev–Trinajstić information content (AvgIpc) is 3.56. The number of aliphatic carboxylic acids is 1. The maximum Gasteiger partial charge on any atom is 0.340 e. The third-order valence-electron chi connectivity index (χ3n) is 7.57. The number of aromatic nitrogens is 1. The summed E-state index contributed by atoms with van der Waals surface area (Å²) in [5, 5.41) is 14.6. The van der Waals surface area contributed by atoms with E-state index in [1.54, 1.807) is 38.4 Å². The second kappa shape index (κ2) is 10.1. The fraction of sp³-hybridized carbons (Fsp3) is 0.156. The Labute approximate surface area is 232 Å². The van der Waals surface area contributed by atoms with Crippen molar-refractivity contribution in [3.05, 3.63) is 106 Å². The number of H-pyrrole nitrogens is 1. The number of para-hydroxylation sites is 1. The van der Waals surface area contributed by atoms with Gasteiger partial charge in [-0.25, -0.2) is 14.0 Å². The Kier molecular flexibility index (Phi) is 6.42. The van der Waals surface area contributed by atoms with E-state index in [-0.39, 0.29) is 24.2 Å². The van der Waals surface area contributed by atoms with Gasteiger partial charge in [0.15, 0.2) is 0 Å². The molecule has 41 heavy (non-hydrogen) atoms. The molecular weight excluding hydrogens is 527 g/mol. The molecule has 0 aliphatic heterocycles. The van der Waals surface area contributed by atoms with Gasteiger partial charge in [0.1, 0.15) is 23.0 Å². The highest BCUT2D eigenvalue weighted by Crippen LogP contribution is 2.37. The number of nitrogens with one attached hydrogen (secondary N) is 2. The molecule has 0 unspecified atom stereocenters. The van der Waals surface area contributed by atoms with Gasteiger partial charge in [-0.1, -0.05) is 30.3 Å². The number of aryl methyl sites for hydroxylation is 2. The van der Waals surface area contributed by atoms with Gasteiger partial charge in [0.05, 0.1) is 18.2 Å². The molecule has 0 saturated carbocycles. The molecule has 1 amide bonds. The van der Waals surface area contributed by atoms with Gasteiger partial charge in [0.2, 0.25) is 5.91 Å². The molecule has 0 aliphatic carbocycles. The first-order chi connectivity index (χ1) is 19.7. The molecule has 3 heterocycles. The first-order valence-electron chi connectivity index (χ1n) is 13.0. The van der Waals surface area contributed by atoms with Crippen LogP contribution in [0.3, 0.4) is 0 Å². The number of hydrogen-bond donors (Lipinski definition) is 3. The topological polar surface area (TPSA) is 126 Å². The van der Waals surface area contributed by atoms with E-state index in [2.05, 4.69) is 10.3 Å². The third kappa shape index (κ3) is 4.65. The first-order valence-corrected chi connectivity index (χ1v) is 13.0. The molecule has 0 radical (unpaired) electrons. The molecule has 0 saturated heterocycles. The molecule has 6 rings (SSSR count). The lowest BCUT2D eigenvalue weighted by Gasteiger charge is -2.15. The van der Waals surface area contributed by atoms with E-state index in [0.29, 0.717) is 27.7 Å². The Morgan fingerprint density at radius 3 is 2.51 bits per heavy atom. The summed E-state index contributed by atoms with van der Waals surface area (Å²) in [5.41, 5.74) is 4.62. The van der Waals surface area contributed by atoms with E-state index in [0.717, 1.165) is 33.0 Å². The van der Waals surface area contributed by atoms with Crippen LogP contribution in [0, 0.1) is 19.7 Å². The Bertz CT molecular complexity index is 2030. The standard InChI is InChI=1S/C32H25FN2O6/c1-16-22-12-24-25(18-7-9-20(33)10-8-18)15-40-29(24)17(2)30(22)41-32(39)23(16)13-28(36)35-27(31(37)38)11-19-14-34-26-6-4-3-5-21(19)26/h3-10,12,14-15,27,34H,11,13H2,1-2H3,(H,35,36)(H,37,38)/t27-/m0/s1. The van der Waals surface area contributed by atoms with E-state index in [4.69, 9.17) is 8.83 Å². The van der Waals surface area contributed by atoms with E-state index < -0.39 is 23.5 Å². The van der Waals surface area contributed by atoms with Crippen molar-refractivity contribution in [2.24, 2.45) is 0 Å². The van der Waals surface area contributed by atoms with Crippen molar-refractivity contribution in [3.63, 3.8) is 0 Å². The zero-order chi connectivity index (χ0) is 28.8. The van der Waals surface area contributed by atoms with Crippen LogP contribution >= 0.6 is 0 Å². The summed E-state index contributed by atoms with van der Waals surface area (Å²) >= 11 is 0. The van der Waals surface area contributed by atoms with Gasteiger partial charge in [0.25, 0.3) is 0 Å². The molecule has 0 bridgehead atoms. The van der Waals surface area contributed by atoms with Gasteiger partial charge in [-0.05, 0) is 54.8 Å². The summed E-state index contributed by atoms with van der Waals surface area (Å²) in [6.07, 6.45) is 3.02. The molecule has 6 aromatic rings. The molecule has 3 aromatic carbocycles. The number of carbonyl (C=O) groups is 2. The van der Waals surface area contributed by atoms with Crippen LogP contribution in [0.15, 0.2) is 80.7 Å². The van der Waals surface area contributed by atoms with Crippen molar-refractivity contribution in [1.29, 1.82) is 0 Å². The highest BCUT2D eigenvalue weighted by atomic mass is 19.1. The van der Waals surface area contributed by atoms with Gasteiger partial charge >= 0.3 is 11.6 Å². The number of hydrogen-bond acceptors (Lipinski definition) is 5. The van der Waals surface area contributed by atoms with Gasteiger partial charge < -0.3 is 24.2 Å². The lowest BCUT2D eigenvalue weighted by atomic mass is 9.97. The first kappa shape index (κ1) is 26.1. The lowest BCUT2D eigenvalue weighted by molar-refractivity contribution is -0.141. The molecule has 0 aliphatic rings. The van der Waals surface area contributed by atoms with E-state index in [1.165, 1.54) is 12.1 Å². The molecule has 0 spiro atoms. The van der Waals surface area contributed by atoms with Crippen molar-refractivity contribution in [1.82, 2.24) is 10.3 Å². The predicted molar refractivity (Wildman–Crippen MR) is 152 cm³/mol. The summed E-state index contributed by atoms with van der Waals surface area (Å²) in [7, 11) is 0. The molecule has 3 aromatic heterocycles. The van der Waals surface area contributed by atoms with Gasteiger partial charge in [-0.2, -0.15) is 0 Å². The zero-order valence-corrected chi connectivity index (χ0v) is 22.2. The molecular formula is C32H25FN2O6. The largest absolute Gasteiger partial charge is 0.480 e. The second-order valence-corrected chi connectivity index (χ2v) is 10.1. The van der Waals surface area contributed by atoms with Crippen molar-refractivity contribution in [3.8, 4) is 11.1 Å². The van der Waals surface area contributed by atoms with Crippen LogP contribution in [0.2, 0.25) is 0 Å². The molecule has 0 fully saturated rings.